The molecule has 0 spiro atoms. The molecule has 0 aliphatic rings. The summed E-state index contributed by atoms with van der Waals surface area (Å²) in [4.78, 5) is 14.8. The van der Waals surface area contributed by atoms with Crippen molar-refractivity contribution in [2.24, 2.45) is 0 Å². The smallest absolute Gasteiger partial charge is 0.278 e. The first-order valence-electron chi connectivity index (χ1n) is 3.17. The van der Waals surface area contributed by atoms with E-state index in [1.54, 1.807) is 0 Å². The predicted molar refractivity (Wildman–Crippen MR) is 43.6 cm³/mol. The number of nitrogen functional groups attached to an aromatic ring is 1. The Morgan fingerprint density at radius 2 is 2.45 bits per heavy atom. The minimum absolute atomic E-state index is 0.0102. The minimum Gasteiger partial charge on any atom is -0.392 e. The zero-order valence-electron chi connectivity index (χ0n) is 6.04. The highest BCUT2D eigenvalue weighted by atomic mass is 35.5. The molecular weight excluding hydrogens is 166 g/mol. The monoisotopic (exact) mass is 173 g/mol. The lowest BCUT2D eigenvalue weighted by Crippen LogP contribution is -2.22. The number of nitrogens with zero attached hydrogens (tertiary/aromatic N) is 2. The molecule has 0 radical (unpaired) electrons. The largest absolute Gasteiger partial charge is 0.392 e. The van der Waals surface area contributed by atoms with Crippen molar-refractivity contribution >= 4 is 17.3 Å². The Kier molecular flexibility index (Phi) is 2.14. The third kappa shape index (κ3) is 1.35. The van der Waals surface area contributed by atoms with Crippen LogP contribution in [0.1, 0.15) is 6.92 Å². The molecule has 11 heavy (non-hydrogen) atoms. The van der Waals surface area contributed by atoms with Crippen LogP contribution < -0.4 is 11.3 Å². The highest BCUT2D eigenvalue weighted by molar-refractivity contribution is 6.31. The van der Waals surface area contributed by atoms with Crippen molar-refractivity contribution in [1.29, 1.82) is 0 Å². The summed E-state index contributed by atoms with van der Waals surface area (Å²) in [6.07, 6.45) is 1.38. The van der Waals surface area contributed by atoms with Crippen LogP contribution in [-0.2, 0) is 6.54 Å². The number of aryl methyl sites for hydroxylation is 1. The standard InChI is InChI=1S/C6H8ClN3O/c1-2-10-3-9-5(7)4(8)6(10)11/h3H,2,8H2,1H3. The minimum atomic E-state index is -0.285. The average Bonchev–Trinajstić information content (AvgIpc) is 2.01. The van der Waals surface area contributed by atoms with Crippen LogP contribution >= 0.6 is 11.6 Å². The summed E-state index contributed by atoms with van der Waals surface area (Å²) in [5.74, 6) is 0. The van der Waals surface area contributed by atoms with Crippen LogP contribution in [0.25, 0.3) is 0 Å². The molecule has 60 valence electrons. The summed E-state index contributed by atoms with van der Waals surface area (Å²) in [7, 11) is 0. The number of anilines is 1. The zero-order chi connectivity index (χ0) is 8.43. The van der Waals surface area contributed by atoms with Gasteiger partial charge in [-0.2, -0.15) is 0 Å². The van der Waals surface area contributed by atoms with E-state index >= 15 is 0 Å². The van der Waals surface area contributed by atoms with Crippen molar-refractivity contribution in [1.82, 2.24) is 9.55 Å². The Morgan fingerprint density at radius 1 is 1.82 bits per heavy atom. The van der Waals surface area contributed by atoms with Crippen LogP contribution in [0.3, 0.4) is 0 Å². The number of hydrogen-bond acceptors (Lipinski definition) is 3. The third-order valence-corrected chi connectivity index (χ3v) is 1.67. The molecule has 0 aromatic carbocycles. The summed E-state index contributed by atoms with van der Waals surface area (Å²) in [5, 5.41) is 0.0692. The predicted octanol–water partition coefficient (Wildman–Crippen LogP) is 0.499. The molecule has 0 unspecified atom stereocenters. The molecular formula is C6H8ClN3O. The van der Waals surface area contributed by atoms with E-state index in [0.29, 0.717) is 6.54 Å². The second kappa shape index (κ2) is 2.92. The molecule has 0 bridgehead atoms. The quantitative estimate of drug-likeness (QED) is 0.629. The van der Waals surface area contributed by atoms with Crippen LogP contribution in [0.4, 0.5) is 5.69 Å². The maximum Gasteiger partial charge on any atom is 0.278 e. The van der Waals surface area contributed by atoms with Crippen molar-refractivity contribution in [3.8, 4) is 0 Å². The van der Waals surface area contributed by atoms with Crippen molar-refractivity contribution < 1.29 is 0 Å². The van der Waals surface area contributed by atoms with Gasteiger partial charge in [-0.05, 0) is 6.92 Å². The first kappa shape index (κ1) is 8.07. The van der Waals surface area contributed by atoms with Crippen LogP contribution in [0, 0.1) is 0 Å². The molecule has 0 saturated heterocycles. The fourth-order valence-electron chi connectivity index (χ4n) is 0.711. The molecule has 5 heteroatoms. The van der Waals surface area contributed by atoms with Gasteiger partial charge in [-0.15, -0.1) is 0 Å². The van der Waals surface area contributed by atoms with Crippen molar-refractivity contribution in [3.05, 3.63) is 21.8 Å². The number of hydrogen-bond donors (Lipinski definition) is 1. The van der Waals surface area contributed by atoms with Gasteiger partial charge in [0.05, 0.1) is 6.33 Å². The van der Waals surface area contributed by atoms with E-state index in [9.17, 15) is 4.79 Å². The second-order valence-electron chi connectivity index (χ2n) is 2.04. The first-order valence-corrected chi connectivity index (χ1v) is 3.55. The number of halogens is 1. The molecule has 0 aliphatic heterocycles. The Morgan fingerprint density at radius 3 is 3.00 bits per heavy atom. The van der Waals surface area contributed by atoms with Crippen LogP contribution in [-0.4, -0.2) is 9.55 Å². The molecule has 0 atom stereocenters. The lowest BCUT2D eigenvalue weighted by Gasteiger charge is -2.01. The fourth-order valence-corrected chi connectivity index (χ4v) is 0.835. The lowest BCUT2D eigenvalue weighted by atomic mass is 10.5. The number of rotatable bonds is 1. The molecule has 1 heterocycles. The third-order valence-electron chi connectivity index (χ3n) is 1.36. The molecule has 0 amide bonds. The SMILES string of the molecule is CCn1cnc(Cl)c(N)c1=O. The van der Waals surface area contributed by atoms with Gasteiger partial charge in [0, 0.05) is 6.54 Å². The van der Waals surface area contributed by atoms with Gasteiger partial charge in [-0.1, -0.05) is 11.6 Å². The van der Waals surface area contributed by atoms with Gasteiger partial charge in [0.25, 0.3) is 5.56 Å². The van der Waals surface area contributed by atoms with E-state index in [1.807, 2.05) is 6.92 Å². The van der Waals surface area contributed by atoms with Gasteiger partial charge in [0.1, 0.15) is 5.69 Å². The van der Waals surface area contributed by atoms with Gasteiger partial charge in [-0.3, -0.25) is 9.36 Å². The van der Waals surface area contributed by atoms with Crippen LogP contribution in [0.5, 0.6) is 0 Å². The average molecular weight is 174 g/mol. The van der Waals surface area contributed by atoms with Crippen molar-refractivity contribution in [2.75, 3.05) is 5.73 Å². The molecule has 0 aliphatic carbocycles. The Bertz CT molecular complexity index is 320. The lowest BCUT2D eigenvalue weighted by molar-refractivity contribution is 0.710. The highest BCUT2D eigenvalue weighted by Gasteiger charge is 2.03. The summed E-state index contributed by atoms with van der Waals surface area (Å²) in [6.45, 7) is 2.38. The van der Waals surface area contributed by atoms with Crippen molar-refractivity contribution in [3.63, 3.8) is 0 Å². The van der Waals surface area contributed by atoms with E-state index in [-0.39, 0.29) is 16.4 Å². The van der Waals surface area contributed by atoms with E-state index in [4.69, 9.17) is 17.3 Å². The van der Waals surface area contributed by atoms with Crippen LogP contribution in [0.15, 0.2) is 11.1 Å². The summed E-state index contributed by atoms with van der Waals surface area (Å²) in [6, 6.07) is 0. The maximum absolute atomic E-state index is 11.1. The summed E-state index contributed by atoms with van der Waals surface area (Å²) in [5.41, 5.74) is 5.06. The van der Waals surface area contributed by atoms with Gasteiger partial charge < -0.3 is 5.73 Å². The molecule has 0 fully saturated rings. The van der Waals surface area contributed by atoms with Gasteiger partial charge in [0.2, 0.25) is 0 Å². The number of nitrogens with two attached hydrogens (primary N) is 1. The summed E-state index contributed by atoms with van der Waals surface area (Å²) >= 11 is 5.49. The molecule has 4 nitrogen and oxygen atoms in total. The maximum atomic E-state index is 11.1. The van der Waals surface area contributed by atoms with E-state index in [2.05, 4.69) is 4.98 Å². The second-order valence-corrected chi connectivity index (χ2v) is 2.40. The zero-order valence-corrected chi connectivity index (χ0v) is 6.80. The molecule has 1 aromatic rings. The Balaban J connectivity index is 3.37. The van der Waals surface area contributed by atoms with E-state index in [1.165, 1.54) is 10.9 Å². The fraction of sp³-hybridized carbons (Fsp3) is 0.333. The molecule has 2 N–H and O–H groups in total. The van der Waals surface area contributed by atoms with Gasteiger partial charge in [-0.25, -0.2) is 4.98 Å². The highest BCUT2D eigenvalue weighted by Crippen LogP contribution is 2.07. The van der Waals surface area contributed by atoms with Gasteiger partial charge >= 0.3 is 0 Å². The Hall–Kier alpha value is -1.03. The normalized spacial score (nSPS) is 10.0. The molecule has 0 saturated carbocycles. The van der Waals surface area contributed by atoms with E-state index in [0.717, 1.165) is 0 Å². The first-order chi connectivity index (χ1) is 5.16. The van der Waals surface area contributed by atoms with Gasteiger partial charge in [0.15, 0.2) is 5.15 Å². The number of aromatic nitrogens is 2. The topological polar surface area (TPSA) is 60.9 Å². The van der Waals surface area contributed by atoms with Crippen LogP contribution in [0.2, 0.25) is 5.15 Å². The van der Waals surface area contributed by atoms with Crippen molar-refractivity contribution in [2.45, 2.75) is 13.5 Å². The Labute approximate surface area is 68.6 Å². The molecule has 1 aromatic heterocycles. The summed E-state index contributed by atoms with van der Waals surface area (Å²) < 4.78 is 1.39. The van der Waals surface area contributed by atoms with E-state index < -0.39 is 0 Å². The molecule has 1 rings (SSSR count).